The molecule has 0 saturated carbocycles. The molecule has 0 aliphatic carbocycles. The minimum absolute atomic E-state index is 0.0845. The van der Waals surface area contributed by atoms with E-state index >= 15 is 0 Å². The van der Waals surface area contributed by atoms with Crippen LogP contribution in [0.5, 0.6) is 5.75 Å². The van der Waals surface area contributed by atoms with Crippen LogP contribution in [0.1, 0.15) is 36.7 Å². The van der Waals surface area contributed by atoms with Gasteiger partial charge in [0.25, 0.3) is 15.9 Å². The molecule has 0 radical (unpaired) electrons. The Hall–Kier alpha value is -4.09. The second kappa shape index (κ2) is 11.5. The summed E-state index contributed by atoms with van der Waals surface area (Å²) in [7, 11) is -3.00. The zero-order valence-electron chi connectivity index (χ0n) is 24.5. The summed E-state index contributed by atoms with van der Waals surface area (Å²) >= 11 is 0. The molecule has 43 heavy (non-hydrogen) atoms. The Balaban J connectivity index is 1.41. The molecule has 1 aliphatic heterocycles. The van der Waals surface area contributed by atoms with E-state index < -0.39 is 21.9 Å². The molecule has 1 aliphatic rings. The molecule has 1 amide bonds. The van der Waals surface area contributed by atoms with Crippen LogP contribution < -0.4 is 9.04 Å². The van der Waals surface area contributed by atoms with E-state index in [0.717, 1.165) is 4.31 Å². The van der Waals surface area contributed by atoms with Gasteiger partial charge in [-0.3, -0.25) is 19.0 Å². The van der Waals surface area contributed by atoms with E-state index in [1.54, 1.807) is 29.2 Å². The van der Waals surface area contributed by atoms with E-state index in [4.69, 9.17) is 4.74 Å². The van der Waals surface area contributed by atoms with Crippen LogP contribution in [0.3, 0.4) is 0 Å². The van der Waals surface area contributed by atoms with E-state index in [-0.39, 0.29) is 33.1 Å². The molecule has 4 aromatic rings. The number of hydrogen-bond donors (Lipinski definition) is 0. The number of para-hydroxylation sites is 1. The molecule has 1 saturated heterocycles. The Morgan fingerprint density at radius 2 is 1.58 bits per heavy atom. The summed E-state index contributed by atoms with van der Waals surface area (Å²) in [6.07, 6.45) is -2.15. The molecule has 0 bridgehead atoms. The number of sulfonamides is 1. The first-order chi connectivity index (χ1) is 20.3. The third kappa shape index (κ3) is 6.18. The summed E-state index contributed by atoms with van der Waals surface area (Å²) in [5.41, 5.74) is 1.17. The Kier molecular flexibility index (Phi) is 8.15. The van der Waals surface area contributed by atoms with Crippen LogP contribution in [0.4, 0.5) is 14.5 Å². The fourth-order valence-corrected chi connectivity index (χ4v) is 6.79. The Labute approximate surface area is 250 Å². The first-order valence-electron chi connectivity index (χ1n) is 13.9. The predicted octanol–water partition coefficient (Wildman–Crippen LogP) is 5.74. The third-order valence-corrected chi connectivity index (χ3v) is 9.71. The van der Waals surface area contributed by atoms with Crippen molar-refractivity contribution in [1.82, 2.24) is 14.8 Å². The molecule has 8 nitrogen and oxygen atoms in total. The van der Waals surface area contributed by atoms with Gasteiger partial charge in [-0.05, 0) is 49.7 Å². The number of anilines is 1. The van der Waals surface area contributed by atoms with Crippen LogP contribution in [0.2, 0.25) is 0 Å². The average molecular weight is 609 g/mol. The number of carbonyl (C=O) groups is 1. The number of nitrogens with zero attached hydrogens (tertiary/aromatic N) is 4. The lowest BCUT2D eigenvalue weighted by Gasteiger charge is -2.44. The number of aromatic nitrogens is 1. The molecule has 0 spiro atoms. The molecular formula is C32H34F2N4O4S. The van der Waals surface area contributed by atoms with E-state index in [1.807, 2.05) is 18.2 Å². The van der Waals surface area contributed by atoms with Gasteiger partial charge in [-0.1, -0.05) is 48.5 Å². The minimum atomic E-state index is -4.25. The smallest absolute Gasteiger partial charge is 0.394 e. The quantitative estimate of drug-likeness (QED) is 0.254. The number of alkyl halides is 2. The van der Waals surface area contributed by atoms with Crippen LogP contribution >= 0.6 is 0 Å². The number of carbonyl (C=O) groups excluding carboxylic acids is 1. The summed E-state index contributed by atoms with van der Waals surface area (Å²) in [5.74, 6) is -0.779. The molecule has 5 rings (SSSR count). The predicted molar refractivity (Wildman–Crippen MR) is 162 cm³/mol. The van der Waals surface area contributed by atoms with Gasteiger partial charge in [-0.15, -0.1) is 0 Å². The molecule has 0 atom stereocenters. The second-order valence-corrected chi connectivity index (χ2v) is 13.0. The van der Waals surface area contributed by atoms with Crippen LogP contribution in [0.25, 0.3) is 10.9 Å². The molecular weight excluding hydrogens is 574 g/mol. The first-order valence-corrected chi connectivity index (χ1v) is 15.4. The summed E-state index contributed by atoms with van der Waals surface area (Å²) in [5, 5.41) is 0.613. The lowest BCUT2D eigenvalue weighted by Crippen LogP contribution is -2.54. The van der Waals surface area contributed by atoms with Crippen molar-refractivity contribution in [2.24, 2.45) is 0 Å². The maximum atomic E-state index is 14.2. The molecule has 1 fully saturated rings. The van der Waals surface area contributed by atoms with Gasteiger partial charge in [0, 0.05) is 62.8 Å². The first kappa shape index (κ1) is 30.4. The number of rotatable bonds is 8. The van der Waals surface area contributed by atoms with E-state index in [1.165, 1.54) is 43.1 Å². The number of pyridine rings is 1. The van der Waals surface area contributed by atoms with E-state index in [0.29, 0.717) is 38.5 Å². The number of halogens is 2. The van der Waals surface area contributed by atoms with Crippen LogP contribution in [0.15, 0.2) is 90.0 Å². The summed E-state index contributed by atoms with van der Waals surface area (Å²) < 4.78 is 61.5. The van der Waals surface area contributed by atoms with Crippen molar-refractivity contribution in [1.29, 1.82) is 0 Å². The number of piperazine rings is 1. The fourth-order valence-electron chi connectivity index (χ4n) is 5.42. The Bertz CT molecular complexity index is 1730. The highest BCUT2D eigenvalue weighted by atomic mass is 32.2. The Morgan fingerprint density at radius 1 is 0.907 bits per heavy atom. The molecule has 2 heterocycles. The van der Waals surface area contributed by atoms with E-state index in [9.17, 15) is 22.0 Å². The highest BCUT2D eigenvalue weighted by Crippen LogP contribution is 2.37. The zero-order chi connectivity index (χ0) is 31.0. The molecule has 0 unspecified atom stereocenters. The highest BCUT2D eigenvalue weighted by Gasteiger charge is 2.34. The van der Waals surface area contributed by atoms with Crippen molar-refractivity contribution in [2.45, 2.75) is 37.3 Å². The largest absolute Gasteiger partial charge is 0.430 e. The fraction of sp³-hybridized carbons (Fsp3) is 0.312. The normalized spacial score (nSPS) is 15.0. The van der Waals surface area contributed by atoms with Crippen molar-refractivity contribution >= 4 is 32.5 Å². The number of amides is 1. The standard InChI is InChI=1S/C32H34F2N4O4S/c1-31(2,25-12-6-5-7-13-25)38-20-18-37(19-21-38)30(39)24-15-16-26(27(22-24)42-32(3,33)34)36(4)43(40,41)28-14-8-10-23-11-9-17-35-29(23)28/h5-17,22H,18-21H2,1-4H3. The van der Waals surface area contributed by atoms with Crippen molar-refractivity contribution in [3.8, 4) is 5.75 Å². The molecule has 11 heteroatoms. The van der Waals surface area contributed by atoms with Crippen molar-refractivity contribution in [3.63, 3.8) is 0 Å². The molecule has 0 N–H and O–H groups in total. The van der Waals surface area contributed by atoms with Crippen molar-refractivity contribution in [2.75, 3.05) is 37.5 Å². The van der Waals surface area contributed by atoms with Crippen molar-refractivity contribution < 1.29 is 26.7 Å². The molecule has 3 aromatic carbocycles. The van der Waals surface area contributed by atoms with Gasteiger partial charge in [-0.25, -0.2) is 8.42 Å². The lowest BCUT2D eigenvalue weighted by molar-refractivity contribution is -0.158. The van der Waals surface area contributed by atoms with Crippen LogP contribution in [0, 0.1) is 0 Å². The number of ether oxygens (including phenoxy) is 1. The van der Waals surface area contributed by atoms with Gasteiger partial charge < -0.3 is 9.64 Å². The third-order valence-electron chi connectivity index (χ3n) is 7.91. The number of benzene rings is 3. The highest BCUT2D eigenvalue weighted by molar-refractivity contribution is 7.93. The van der Waals surface area contributed by atoms with Gasteiger partial charge in [0.15, 0.2) is 5.75 Å². The van der Waals surface area contributed by atoms with Crippen LogP contribution in [-0.4, -0.2) is 68.4 Å². The number of hydrogen-bond acceptors (Lipinski definition) is 6. The van der Waals surface area contributed by atoms with Crippen LogP contribution in [-0.2, 0) is 15.6 Å². The maximum absolute atomic E-state index is 14.2. The van der Waals surface area contributed by atoms with Crippen molar-refractivity contribution in [3.05, 3.63) is 96.2 Å². The molecule has 1 aromatic heterocycles. The molecule has 226 valence electrons. The van der Waals surface area contributed by atoms with Gasteiger partial charge in [0.1, 0.15) is 4.90 Å². The second-order valence-electron chi connectivity index (χ2n) is 11.1. The maximum Gasteiger partial charge on any atom is 0.394 e. The SMILES string of the molecule is CN(c1ccc(C(=O)N2CCN(C(C)(C)c3ccccc3)CC2)cc1OC(C)(F)F)S(=O)(=O)c1cccc2cccnc12. The minimum Gasteiger partial charge on any atom is -0.430 e. The van der Waals surface area contributed by atoms with Gasteiger partial charge in [0.05, 0.1) is 11.2 Å². The lowest BCUT2D eigenvalue weighted by atomic mass is 9.91. The van der Waals surface area contributed by atoms with Gasteiger partial charge >= 0.3 is 6.11 Å². The number of fused-ring (bicyclic) bond motifs is 1. The van der Waals surface area contributed by atoms with Gasteiger partial charge in [-0.2, -0.15) is 8.78 Å². The summed E-state index contributed by atoms with van der Waals surface area (Å²) in [6, 6.07) is 22.2. The average Bonchev–Trinajstić information content (AvgIpc) is 2.99. The summed E-state index contributed by atoms with van der Waals surface area (Å²) in [4.78, 5) is 21.6. The summed E-state index contributed by atoms with van der Waals surface area (Å²) in [6.45, 7) is 6.99. The Morgan fingerprint density at radius 3 is 2.26 bits per heavy atom. The monoisotopic (exact) mass is 608 g/mol. The topological polar surface area (TPSA) is 83.1 Å². The van der Waals surface area contributed by atoms with E-state index in [2.05, 4.69) is 35.9 Å². The zero-order valence-corrected chi connectivity index (χ0v) is 25.3. The van der Waals surface area contributed by atoms with Gasteiger partial charge in [0.2, 0.25) is 0 Å².